The summed E-state index contributed by atoms with van der Waals surface area (Å²) >= 11 is 0.903. The Morgan fingerprint density at radius 1 is 1.04 bits per heavy atom. The molecule has 4 aromatic rings. The van der Waals surface area contributed by atoms with Crippen LogP contribution in [0.1, 0.15) is 12.0 Å². The molecule has 0 saturated carbocycles. The van der Waals surface area contributed by atoms with E-state index in [4.69, 9.17) is 4.74 Å². The van der Waals surface area contributed by atoms with E-state index in [1.54, 1.807) is 13.0 Å². The minimum Gasteiger partial charge on any atom is -0.491 e. The SMILES string of the molecule is Cc1ccc(OCCC(F)(F)F)c(N2C(=O)CS/C2=N\C(=O)Nc2ccc(-n3cnc(-c4ccc(OC(F)(F)F)cc4)n3)cc2F)c1. The number of amides is 3. The zero-order chi connectivity index (χ0) is 33.9. The van der Waals surface area contributed by atoms with E-state index in [2.05, 4.69) is 25.1 Å². The van der Waals surface area contributed by atoms with E-state index < -0.39 is 49.1 Å². The number of amidine groups is 1. The molecule has 1 aliphatic heterocycles. The number of aromatic nitrogens is 3. The number of aliphatic imine (C=N–C) groups is 1. The Morgan fingerprint density at radius 3 is 2.47 bits per heavy atom. The standard InChI is InChI=1S/C29H21F7N6O4S/c1-16-2-9-23(45-11-10-28(31,32)33)22(12-16)42-24(43)14-47-27(42)39-26(44)38-21-8-5-18(13-20(21)30)41-15-37-25(40-41)17-3-6-19(7-4-17)46-29(34,35)36/h2-9,12-13,15H,10-11,14H2,1H3,(H,38,44)/b39-27-. The first-order valence-electron chi connectivity index (χ1n) is 13.4. The summed E-state index contributed by atoms with van der Waals surface area (Å²) in [5.74, 6) is -1.81. The van der Waals surface area contributed by atoms with Crippen LogP contribution in [0.25, 0.3) is 17.1 Å². The van der Waals surface area contributed by atoms with Crippen LogP contribution < -0.4 is 19.7 Å². The van der Waals surface area contributed by atoms with Crippen LogP contribution in [0.2, 0.25) is 0 Å². The number of anilines is 2. The number of ether oxygens (including phenoxy) is 2. The van der Waals surface area contributed by atoms with E-state index in [9.17, 15) is 35.9 Å². The second kappa shape index (κ2) is 13.3. The van der Waals surface area contributed by atoms with Gasteiger partial charge in [-0.15, -0.1) is 18.3 Å². The number of nitrogens with zero attached hydrogens (tertiary/aromatic N) is 5. The Hall–Kier alpha value is -5.13. The summed E-state index contributed by atoms with van der Waals surface area (Å²) in [6, 6.07) is 12.0. The molecule has 1 saturated heterocycles. The molecule has 3 aromatic carbocycles. The molecule has 1 fully saturated rings. The Morgan fingerprint density at radius 2 is 1.79 bits per heavy atom. The van der Waals surface area contributed by atoms with Gasteiger partial charge in [0.1, 0.15) is 23.6 Å². The van der Waals surface area contributed by atoms with Crippen molar-refractivity contribution in [3.8, 4) is 28.6 Å². The molecule has 2 heterocycles. The number of rotatable bonds is 8. The lowest BCUT2D eigenvalue weighted by atomic mass is 10.2. The molecule has 246 valence electrons. The molecule has 0 radical (unpaired) electrons. The number of hydrogen-bond donors (Lipinski definition) is 1. The number of aryl methyl sites for hydroxylation is 1. The Kier molecular flexibility index (Phi) is 9.41. The fraction of sp³-hybridized carbons (Fsp3) is 0.207. The summed E-state index contributed by atoms with van der Waals surface area (Å²) < 4.78 is 101. The molecular weight excluding hydrogens is 661 g/mol. The van der Waals surface area contributed by atoms with Gasteiger partial charge in [0.2, 0.25) is 5.91 Å². The first-order chi connectivity index (χ1) is 22.1. The molecule has 1 N–H and O–H groups in total. The van der Waals surface area contributed by atoms with Crippen LogP contribution in [0.4, 0.5) is 46.9 Å². The van der Waals surface area contributed by atoms with Crippen molar-refractivity contribution >= 4 is 40.2 Å². The van der Waals surface area contributed by atoms with Gasteiger partial charge < -0.3 is 14.8 Å². The number of carbonyl (C=O) groups is 2. The second-order valence-electron chi connectivity index (χ2n) is 9.78. The van der Waals surface area contributed by atoms with Crippen molar-refractivity contribution < 1.29 is 49.8 Å². The van der Waals surface area contributed by atoms with Crippen LogP contribution in [0.5, 0.6) is 11.5 Å². The topological polar surface area (TPSA) is 111 Å². The van der Waals surface area contributed by atoms with Crippen LogP contribution in [0, 0.1) is 12.7 Å². The fourth-order valence-electron chi connectivity index (χ4n) is 4.19. The van der Waals surface area contributed by atoms with Crippen molar-refractivity contribution in [3.05, 3.63) is 78.4 Å². The number of urea groups is 1. The van der Waals surface area contributed by atoms with Gasteiger partial charge >= 0.3 is 18.6 Å². The second-order valence-corrected chi connectivity index (χ2v) is 10.7. The Labute approximate surface area is 265 Å². The van der Waals surface area contributed by atoms with Crippen molar-refractivity contribution in [2.24, 2.45) is 4.99 Å². The maximum Gasteiger partial charge on any atom is 0.573 e. The Bertz CT molecular complexity index is 1830. The first kappa shape index (κ1) is 33.2. The number of thioether (sulfide) groups is 1. The molecule has 0 unspecified atom stereocenters. The summed E-state index contributed by atoms with van der Waals surface area (Å²) in [6.07, 6.45) is -9.25. The van der Waals surface area contributed by atoms with Crippen LogP contribution in [-0.2, 0) is 4.79 Å². The van der Waals surface area contributed by atoms with Crippen LogP contribution >= 0.6 is 11.8 Å². The highest BCUT2D eigenvalue weighted by molar-refractivity contribution is 8.15. The van der Waals surface area contributed by atoms with Gasteiger partial charge in [0.25, 0.3) is 0 Å². The summed E-state index contributed by atoms with van der Waals surface area (Å²) in [4.78, 5) is 34.6. The number of alkyl halides is 6. The molecule has 5 rings (SSSR count). The zero-order valence-electron chi connectivity index (χ0n) is 23.9. The van der Waals surface area contributed by atoms with E-state index in [0.29, 0.717) is 11.1 Å². The highest BCUT2D eigenvalue weighted by Crippen LogP contribution is 2.36. The minimum atomic E-state index is -4.84. The molecule has 0 aliphatic carbocycles. The summed E-state index contributed by atoms with van der Waals surface area (Å²) in [5.41, 5.74) is 1.05. The molecule has 0 atom stereocenters. The van der Waals surface area contributed by atoms with Crippen LogP contribution in [0.3, 0.4) is 0 Å². The van der Waals surface area contributed by atoms with Crippen molar-refractivity contribution in [2.45, 2.75) is 25.9 Å². The molecule has 1 aromatic heterocycles. The lowest BCUT2D eigenvalue weighted by molar-refractivity contribution is -0.274. The number of halogens is 7. The van der Waals surface area contributed by atoms with Gasteiger partial charge in [-0.2, -0.15) is 18.2 Å². The molecule has 47 heavy (non-hydrogen) atoms. The van der Waals surface area contributed by atoms with Crippen molar-refractivity contribution in [1.29, 1.82) is 0 Å². The van der Waals surface area contributed by atoms with Crippen molar-refractivity contribution in [2.75, 3.05) is 22.6 Å². The van der Waals surface area contributed by atoms with Gasteiger partial charge in [0, 0.05) is 11.6 Å². The lowest BCUT2D eigenvalue weighted by Crippen LogP contribution is -2.31. The minimum absolute atomic E-state index is 0.0193. The van der Waals surface area contributed by atoms with Gasteiger partial charge in [-0.25, -0.2) is 18.9 Å². The van der Waals surface area contributed by atoms with Crippen LogP contribution in [0.15, 0.2) is 72.0 Å². The molecule has 3 amide bonds. The van der Waals surface area contributed by atoms with Gasteiger partial charge in [0.05, 0.1) is 35.8 Å². The summed E-state index contributed by atoms with van der Waals surface area (Å²) in [7, 11) is 0. The van der Waals surface area contributed by atoms with Crippen molar-refractivity contribution in [3.63, 3.8) is 0 Å². The van der Waals surface area contributed by atoms with E-state index in [1.807, 2.05) is 0 Å². The maximum absolute atomic E-state index is 15.0. The highest BCUT2D eigenvalue weighted by Gasteiger charge is 2.34. The third-order valence-corrected chi connectivity index (χ3v) is 7.18. The van der Waals surface area contributed by atoms with Gasteiger partial charge in [-0.05, 0) is 61.0 Å². The number of carbonyl (C=O) groups excluding carboxylic acids is 2. The smallest absolute Gasteiger partial charge is 0.491 e. The first-order valence-corrected chi connectivity index (χ1v) is 14.4. The number of nitrogens with one attached hydrogen (secondary N) is 1. The lowest BCUT2D eigenvalue weighted by Gasteiger charge is -2.20. The van der Waals surface area contributed by atoms with Gasteiger partial charge in [0.15, 0.2) is 11.0 Å². The molecule has 1 aliphatic rings. The Balaban J connectivity index is 1.29. The quantitative estimate of drug-likeness (QED) is 0.195. The molecule has 18 heteroatoms. The molecular formula is C29H21F7N6O4S. The molecule has 10 nitrogen and oxygen atoms in total. The van der Waals surface area contributed by atoms with E-state index >= 15 is 4.39 Å². The average molecular weight is 683 g/mol. The molecule has 0 spiro atoms. The summed E-state index contributed by atoms with van der Waals surface area (Å²) in [5, 5.41) is 6.40. The average Bonchev–Trinajstić information content (AvgIpc) is 3.61. The van der Waals surface area contributed by atoms with E-state index in [0.717, 1.165) is 34.9 Å². The third kappa shape index (κ3) is 8.57. The largest absolute Gasteiger partial charge is 0.573 e. The normalized spacial score (nSPS) is 14.5. The maximum atomic E-state index is 15.0. The van der Waals surface area contributed by atoms with Crippen molar-refractivity contribution in [1.82, 2.24) is 14.8 Å². The summed E-state index contributed by atoms with van der Waals surface area (Å²) in [6.45, 7) is 1.00. The van der Waals surface area contributed by atoms with E-state index in [1.165, 1.54) is 47.4 Å². The highest BCUT2D eigenvalue weighted by atomic mass is 32.2. The predicted octanol–water partition coefficient (Wildman–Crippen LogP) is 7.28. The third-order valence-electron chi connectivity index (χ3n) is 6.26. The van der Waals surface area contributed by atoms with E-state index in [-0.39, 0.29) is 39.6 Å². The predicted molar refractivity (Wildman–Crippen MR) is 157 cm³/mol. The molecule has 0 bridgehead atoms. The number of benzene rings is 3. The zero-order valence-corrected chi connectivity index (χ0v) is 24.7. The fourth-order valence-corrected chi connectivity index (χ4v) is 5.04. The van der Waals surface area contributed by atoms with Gasteiger partial charge in [-0.3, -0.25) is 9.69 Å². The number of hydrogen-bond acceptors (Lipinski definition) is 7. The monoisotopic (exact) mass is 682 g/mol. The van der Waals surface area contributed by atoms with Crippen LogP contribution in [-0.4, -0.2) is 56.8 Å². The van der Waals surface area contributed by atoms with Gasteiger partial charge in [-0.1, -0.05) is 17.8 Å².